The molecule has 4 nitrogen and oxygen atoms in total. The van der Waals surface area contributed by atoms with Crippen molar-refractivity contribution in [1.29, 1.82) is 0 Å². The summed E-state index contributed by atoms with van der Waals surface area (Å²) in [7, 11) is 3.42. The van der Waals surface area contributed by atoms with Crippen LogP contribution in [0.25, 0.3) is 0 Å². The Morgan fingerprint density at radius 3 is 2.85 bits per heavy atom. The third kappa shape index (κ3) is 2.99. The Kier molecular flexibility index (Phi) is 4.74. The average Bonchev–Trinajstić information content (AvgIpc) is 2.87. The van der Waals surface area contributed by atoms with E-state index in [1.807, 2.05) is 17.8 Å². The van der Waals surface area contributed by atoms with E-state index in [1.165, 1.54) is 13.2 Å². The molecular formula is C15H20FN3O. The van der Waals surface area contributed by atoms with Crippen molar-refractivity contribution < 1.29 is 9.13 Å². The maximum absolute atomic E-state index is 13.5. The largest absolute Gasteiger partial charge is 0.494 e. The number of nitrogens with zero attached hydrogens (tertiary/aromatic N) is 2. The molecule has 20 heavy (non-hydrogen) atoms. The first-order valence-corrected chi connectivity index (χ1v) is 6.71. The number of hydrogen-bond acceptors (Lipinski definition) is 3. The first-order valence-electron chi connectivity index (χ1n) is 6.71. The number of halogens is 1. The molecule has 1 atom stereocenters. The van der Waals surface area contributed by atoms with Crippen molar-refractivity contribution >= 4 is 0 Å². The molecule has 0 saturated heterocycles. The fourth-order valence-corrected chi connectivity index (χ4v) is 2.16. The van der Waals surface area contributed by atoms with Crippen molar-refractivity contribution in [3.8, 4) is 5.75 Å². The van der Waals surface area contributed by atoms with Crippen LogP contribution in [0, 0.1) is 5.82 Å². The summed E-state index contributed by atoms with van der Waals surface area (Å²) >= 11 is 0. The Bertz CT molecular complexity index is 568. The van der Waals surface area contributed by atoms with Crippen molar-refractivity contribution in [2.24, 2.45) is 7.05 Å². The number of imidazole rings is 1. The Morgan fingerprint density at radius 1 is 1.45 bits per heavy atom. The fourth-order valence-electron chi connectivity index (χ4n) is 2.16. The van der Waals surface area contributed by atoms with E-state index in [0.717, 1.165) is 24.4 Å². The normalized spacial score (nSPS) is 12.4. The highest BCUT2D eigenvalue weighted by atomic mass is 19.1. The monoisotopic (exact) mass is 277 g/mol. The van der Waals surface area contributed by atoms with Gasteiger partial charge in [0, 0.05) is 19.4 Å². The number of hydrogen-bond donors (Lipinski definition) is 1. The molecule has 0 aliphatic rings. The van der Waals surface area contributed by atoms with E-state index in [4.69, 9.17) is 4.74 Å². The van der Waals surface area contributed by atoms with Gasteiger partial charge in [0.05, 0.1) is 13.2 Å². The molecule has 5 heteroatoms. The molecule has 0 spiro atoms. The van der Waals surface area contributed by atoms with Crippen molar-refractivity contribution in [3.63, 3.8) is 0 Å². The van der Waals surface area contributed by atoms with Crippen LogP contribution in [0.4, 0.5) is 4.39 Å². The lowest BCUT2D eigenvalue weighted by Crippen LogP contribution is -2.25. The summed E-state index contributed by atoms with van der Waals surface area (Å²) in [5.74, 6) is 0.789. The maximum Gasteiger partial charge on any atom is 0.165 e. The van der Waals surface area contributed by atoms with Gasteiger partial charge in [-0.2, -0.15) is 0 Å². The van der Waals surface area contributed by atoms with Crippen molar-refractivity contribution in [1.82, 2.24) is 14.9 Å². The summed E-state index contributed by atoms with van der Waals surface area (Å²) in [5, 5.41) is 3.44. The summed E-state index contributed by atoms with van der Waals surface area (Å²) in [5.41, 5.74) is 0.936. The van der Waals surface area contributed by atoms with Crippen molar-refractivity contribution in [2.45, 2.75) is 19.4 Å². The highest BCUT2D eigenvalue weighted by Gasteiger charge is 2.19. The van der Waals surface area contributed by atoms with Crippen LogP contribution in [0.15, 0.2) is 30.6 Å². The Labute approximate surface area is 118 Å². The van der Waals surface area contributed by atoms with E-state index in [0.29, 0.717) is 0 Å². The van der Waals surface area contributed by atoms with E-state index in [-0.39, 0.29) is 17.6 Å². The van der Waals surface area contributed by atoms with E-state index >= 15 is 0 Å². The minimum absolute atomic E-state index is 0.0792. The van der Waals surface area contributed by atoms with Crippen LogP contribution in [0.3, 0.4) is 0 Å². The van der Waals surface area contributed by atoms with Gasteiger partial charge in [-0.25, -0.2) is 9.37 Å². The van der Waals surface area contributed by atoms with Gasteiger partial charge in [0.15, 0.2) is 11.6 Å². The zero-order valence-electron chi connectivity index (χ0n) is 12.1. The van der Waals surface area contributed by atoms with Gasteiger partial charge in [-0.15, -0.1) is 0 Å². The molecule has 0 bridgehead atoms. The lowest BCUT2D eigenvalue weighted by molar-refractivity contribution is 0.385. The Balaban J connectivity index is 2.38. The number of rotatable bonds is 6. The highest BCUT2D eigenvalue weighted by molar-refractivity contribution is 5.34. The molecule has 2 rings (SSSR count). The fraction of sp³-hybridized carbons (Fsp3) is 0.400. The van der Waals surface area contributed by atoms with Crippen molar-refractivity contribution in [3.05, 3.63) is 47.8 Å². The highest BCUT2D eigenvalue weighted by Crippen LogP contribution is 2.26. The van der Waals surface area contributed by atoms with Crippen molar-refractivity contribution in [2.75, 3.05) is 13.7 Å². The first kappa shape index (κ1) is 14.5. The van der Waals surface area contributed by atoms with Gasteiger partial charge in [-0.05, 0) is 30.7 Å². The van der Waals surface area contributed by atoms with Gasteiger partial charge in [-0.3, -0.25) is 0 Å². The number of benzene rings is 1. The van der Waals surface area contributed by atoms with Crippen LogP contribution in [0.5, 0.6) is 5.75 Å². The van der Waals surface area contributed by atoms with Gasteiger partial charge in [-0.1, -0.05) is 13.0 Å². The van der Waals surface area contributed by atoms with E-state index in [2.05, 4.69) is 17.2 Å². The predicted octanol–water partition coefficient (Wildman–Crippen LogP) is 2.66. The Hall–Kier alpha value is -1.88. The summed E-state index contributed by atoms with van der Waals surface area (Å²) in [6, 6.07) is 4.83. The zero-order chi connectivity index (χ0) is 14.5. The minimum atomic E-state index is -0.356. The van der Waals surface area contributed by atoms with Crippen LogP contribution in [0.1, 0.15) is 30.8 Å². The predicted molar refractivity (Wildman–Crippen MR) is 76.3 cm³/mol. The lowest BCUT2D eigenvalue weighted by Gasteiger charge is -2.19. The molecular weight excluding hydrogens is 257 g/mol. The van der Waals surface area contributed by atoms with E-state index in [9.17, 15) is 4.39 Å². The van der Waals surface area contributed by atoms with Gasteiger partial charge in [0.2, 0.25) is 0 Å². The average molecular weight is 277 g/mol. The lowest BCUT2D eigenvalue weighted by atomic mass is 10.1. The second kappa shape index (κ2) is 6.52. The number of aryl methyl sites for hydroxylation is 1. The first-order chi connectivity index (χ1) is 9.67. The third-order valence-corrected chi connectivity index (χ3v) is 3.22. The zero-order valence-corrected chi connectivity index (χ0v) is 12.1. The topological polar surface area (TPSA) is 39.1 Å². The number of ether oxygens (including phenoxy) is 1. The molecule has 1 unspecified atom stereocenters. The van der Waals surface area contributed by atoms with Gasteiger partial charge in [0.1, 0.15) is 5.82 Å². The summed E-state index contributed by atoms with van der Waals surface area (Å²) < 4.78 is 20.6. The molecule has 2 aromatic rings. The molecule has 108 valence electrons. The molecule has 0 aliphatic carbocycles. The minimum Gasteiger partial charge on any atom is -0.494 e. The molecule has 0 saturated carbocycles. The molecule has 1 aromatic carbocycles. The molecule has 1 N–H and O–H groups in total. The van der Waals surface area contributed by atoms with Crippen LogP contribution in [-0.2, 0) is 7.05 Å². The molecule has 0 fully saturated rings. The Morgan fingerprint density at radius 2 is 2.25 bits per heavy atom. The van der Waals surface area contributed by atoms with E-state index < -0.39 is 0 Å². The van der Waals surface area contributed by atoms with Gasteiger partial charge in [0.25, 0.3) is 0 Å². The quantitative estimate of drug-likeness (QED) is 0.882. The second-order valence-electron chi connectivity index (χ2n) is 4.68. The van der Waals surface area contributed by atoms with Crippen LogP contribution >= 0.6 is 0 Å². The van der Waals surface area contributed by atoms with Crippen LogP contribution in [-0.4, -0.2) is 23.2 Å². The molecule has 0 amide bonds. The smallest absolute Gasteiger partial charge is 0.165 e. The molecule has 0 aliphatic heterocycles. The SMILES string of the molecule is CCCNC(c1ccc(F)c(OC)c1)c1nccn1C. The molecule has 1 heterocycles. The van der Waals surface area contributed by atoms with Gasteiger partial charge < -0.3 is 14.6 Å². The summed E-state index contributed by atoms with van der Waals surface area (Å²) in [6.45, 7) is 2.96. The third-order valence-electron chi connectivity index (χ3n) is 3.22. The summed E-state index contributed by atoms with van der Waals surface area (Å²) in [6.07, 6.45) is 4.67. The van der Waals surface area contributed by atoms with Gasteiger partial charge >= 0.3 is 0 Å². The number of nitrogens with one attached hydrogen (secondary N) is 1. The maximum atomic E-state index is 13.5. The van der Waals surface area contributed by atoms with Crippen LogP contribution in [0.2, 0.25) is 0 Å². The van der Waals surface area contributed by atoms with E-state index in [1.54, 1.807) is 18.3 Å². The molecule has 0 radical (unpaired) electrons. The second-order valence-corrected chi connectivity index (χ2v) is 4.68. The van der Waals surface area contributed by atoms with Crippen LogP contribution < -0.4 is 10.1 Å². The molecule has 1 aromatic heterocycles. The summed E-state index contributed by atoms with van der Waals surface area (Å²) in [4.78, 5) is 4.39. The number of methoxy groups -OCH3 is 1. The number of aromatic nitrogens is 2. The standard InChI is InChI=1S/C15H20FN3O/c1-4-7-17-14(15-18-8-9-19(15)2)11-5-6-12(16)13(10-11)20-3/h5-6,8-10,14,17H,4,7H2,1-3H3.